The van der Waals surface area contributed by atoms with Crippen molar-refractivity contribution in [3.8, 4) is 22.6 Å². The summed E-state index contributed by atoms with van der Waals surface area (Å²) in [6.07, 6.45) is 5.34. The molecular formula is C26H20N4O3. The fraction of sp³-hybridized carbons (Fsp3) is 0.0385. The molecule has 2 heterocycles. The van der Waals surface area contributed by atoms with Crippen molar-refractivity contribution >= 4 is 22.8 Å². The zero-order chi connectivity index (χ0) is 23.1. The molecule has 0 saturated heterocycles. The average Bonchev–Trinajstić information content (AvgIpc) is 3.46. The molecular weight excluding hydrogens is 416 g/mol. The van der Waals surface area contributed by atoms with Gasteiger partial charge < -0.3 is 20.0 Å². The van der Waals surface area contributed by atoms with Crippen LogP contribution >= 0.6 is 0 Å². The molecule has 0 spiro atoms. The minimum atomic E-state index is -0.990. The minimum Gasteiger partial charge on any atom is -0.478 e. The van der Waals surface area contributed by atoms with Gasteiger partial charge in [0.15, 0.2) is 0 Å². The number of imidazole rings is 1. The van der Waals surface area contributed by atoms with E-state index >= 15 is 0 Å². The molecule has 0 saturated carbocycles. The number of aromatic nitrogens is 3. The van der Waals surface area contributed by atoms with Gasteiger partial charge >= 0.3 is 5.97 Å². The lowest BCUT2D eigenvalue weighted by molar-refractivity contribution is 0.0696. The molecule has 0 atom stereocenters. The van der Waals surface area contributed by atoms with Gasteiger partial charge in [0.05, 0.1) is 23.1 Å². The third kappa shape index (κ3) is 3.55. The van der Waals surface area contributed by atoms with Crippen molar-refractivity contribution in [2.45, 2.75) is 6.92 Å². The number of nitrogens with zero attached hydrogens (tertiary/aromatic N) is 3. The lowest BCUT2D eigenvalue weighted by Crippen LogP contribution is -2.13. The standard InChI is InChI=1S/C26H20N4O3/c1-16-12-21(8-9-22(16)25(27)31)30-23(13-18-2-3-19(26(32)33)14-24(18)30)17-4-6-20(7-5-17)29-11-10-28-15-29/h2-15H,1H3,(H2,27,31)(H,32,33). The van der Waals surface area contributed by atoms with Crippen LogP contribution in [0.3, 0.4) is 0 Å². The van der Waals surface area contributed by atoms with Crippen LogP contribution < -0.4 is 5.73 Å². The second-order valence-electron chi connectivity index (χ2n) is 7.82. The number of aryl methyl sites for hydroxylation is 1. The summed E-state index contributed by atoms with van der Waals surface area (Å²) >= 11 is 0. The third-order valence-electron chi connectivity index (χ3n) is 5.75. The van der Waals surface area contributed by atoms with E-state index in [0.717, 1.165) is 39.1 Å². The third-order valence-corrected chi connectivity index (χ3v) is 5.75. The lowest BCUT2D eigenvalue weighted by atomic mass is 10.1. The van der Waals surface area contributed by atoms with Gasteiger partial charge in [-0.2, -0.15) is 0 Å². The maximum atomic E-state index is 11.7. The maximum absolute atomic E-state index is 11.7. The number of nitrogens with two attached hydrogens (primary N) is 1. The number of benzene rings is 3. The van der Waals surface area contributed by atoms with Crippen LogP contribution in [0.25, 0.3) is 33.5 Å². The van der Waals surface area contributed by atoms with Crippen molar-refractivity contribution in [2.24, 2.45) is 5.73 Å². The van der Waals surface area contributed by atoms with Gasteiger partial charge in [0.1, 0.15) is 0 Å². The van der Waals surface area contributed by atoms with E-state index in [0.29, 0.717) is 5.56 Å². The Morgan fingerprint density at radius 2 is 1.70 bits per heavy atom. The van der Waals surface area contributed by atoms with E-state index in [1.54, 1.807) is 30.7 Å². The summed E-state index contributed by atoms with van der Waals surface area (Å²) in [6.45, 7) is 1.83. The molecule has 0 bridgehead atoms. The van der Waals surface area contributed by atoms with Crippen molar-refractivity contribution in [3.05, 3.63) is 102 Å². The van der Waals surface area contributed by atoms with Gasteiger partial charge in [-0.3, -0.25) is 4.79 Å². The first-order valence-electron chi connectivity index (χ1n) is 10.3. The molecule has 3 aromatic carbocycles. The van der Waals surface area contributed by atoms with Gasteiger partial charge in [0.25, 0.3) is 0 Å². The summed E-state index contributed by atoms with van der Waals surface area (Å²) in [4.78, 5) is 27.4. The quantitative estimate of drug-likeness (QED) is 0.421. The van der Waals surface area contributed by atoms with Gasteiger partial charge in [0, 0.05) is 34.7 Å². The molecule has 33 heavy (non-hydrogen) atoms. The number of primary amides is 1. The number of rotatable bonds is 5. The molecule has 162 valence electrons. The summed E-state index contributed by atoms with van der Waals surface area (Å²) < 4.78 is 3.93. The Balaban J connectivity index is 1.73. The first-order chi connectivity index (χ1) is 15.9. The van der Waals surface area contributed by atoms with Gasteiger partial charge in [-0.15, -0.1) is 0 Å². The monoisotopic (exact) mass is 436 g/mol. The number of aromatic carboxylic acids is 1. The Morgan fingerprint density at radius 3 is 2.33 bits per heavy atom. The van der Waals surface area contributed by atoms with Crippen molar-refractivity contribution in [1.29, 1.82) is 0 Å². The number of carbonyl (C=O) groups is 2. The lowest BCUT2D eigenvalue weighted by Gasteiger charge is -2.14. The van der Waals surface area contributed by atoms with E-state index in [4.69, 9.17) is 5.73 Å². The molecule has 2 aromatic heterocycles. The number of carboxylic acid groups (broad SMARTS) is 1. The highest BCUT2D eigenvalue weighted by Gasteiger charge is 2.16. The van der Waals surface area contributed by atoms with Crippen molar-refractivity contribution in [1.82, 2.24) is 14.1 Å². The van der Waals surface area contributed by atoms with E-state index in [2.05, 4.69) is 4.98 Å². The molecule has 5 aromatic rings. The van der Waals surface area contributed by atoms with E-state index in [1.807, 2.05) is 70.8 Å². The van der Waals surface area contributed by atoms with Gasteiger partial charge in [0.2, 0.25) is 5.91 Å². The number of hydrogen-bond donors (Lipinski definition) is 2. The molecule has 0 aliphatic rings. The van der Waals surface area contributed by atoms with E-state index < -0.39 is 11.9 Å². The van der Waals surface area contributed by atoms with Crippen molar-refractivity contribution < 1.29 is 14.7 Å². The Labute approximate surface area is 189 Å². The Morgan fingerprint density at radius 1 is 0.939 bits per heavy atom. The highest BCUT2D eigenvalue weighted by molar-refractivity contribution is 5.97. The minimum absolute atomic E-state index is 0.203. The molecule has 1 amide bonds. The summed E-state index contributed by atoms with van der Waals surface area (Å²) in [5.74, 6) is -1.48. The van der Waals surface area contributed by atoms with Gasteiger partial charge in [-0.25, -0.2) is 9.78 Å². The first-order valence-corrected chi connectivity index (χ1v) is 10.3. The number of amides is 1. The molecule has 7 nitrogen and oxygen atoms in total. The van der Waals surface area contributed by atoms with E-state index in [1.165, 1.54) is 0 Å². The van der Waals surface area contributed by atoms with Crippen LogP contribution in [-0.2, 0) is 0 Å². The zero-order valence-corrected chi connectivity index (χ0v) is 17.8. The van der Waals surface area contributed by atoms with E-state index in [9.17, 15) is 14.7 Å². The predicted octanol–water partition coefficient (Wildman–Crippen LogP) is 4.59. The highest BCUT2D eigenvalue weighted by Crippen LogP contribution is 2.33. The molecule has 0 radical (unpaired) electrons. The highest BCUT2D eigenvalue weighted by atomic mass is 16.4. The molecule has 0 aliphatic carbocycles. The van der Waals surface area contributed by atoms with Crippen LogP contribution in [0.5, 0.6) is 0 Å². The molecule has 0 aliphatic heterocycles. The molecule has 3 N–H and O–H groups in total. The number of carbonyl (C=O) groups excluding carboxylic acids is 1. The van der Waals surface area contributed by atoms with Gasteiger partial charge in [-0.1, -0.05) is 18.2 Å². The van der Waals surface area contributed by atoms with Crippen LogP contribution in [0.2, 0.25) is 0 Å². The average molecular weight is 436 g/mol. The van der Waals surface area contributed by atoms with Crippen LogP contribution in [0.1, 0.15) is 26.3 Å². The van der Waals surface area contributed by atoms with Crippen LogP contribution in [0, 0.1) is 6.92 Å². The SMILES string of the molecule is Cc1cc(-n2c(-c3ccc(-n4ccnc4)cc3)cc3ccc(C(=O)O)cc32)ccc1C(N)=O. The Hall–Kier alpha value is -4.65. The second kappa shape index (κ2) is 7.80. The van der Waals surface area contributed by atoms with Crippen LogP contribution in [-0.4, -0.2) is 31.1 Å². The van der Waals surface area contributed by atoms with Gasteiger partial charge in [-0.05, 0) is 66.6 Å². The summed E-state index contributed by atoms with van der Waals surface area (Å²) in [5, 5.41) is 10.4. The topological polar surface area (TPSA) is 103 Å². The number of fused-ring (bicyclic) bond motifs is 1. The normalized spacial score (nSPS) is 11.1. The fourth-order valence-electron chi connectivity index (χ4n) is 4.10. The molecule has 0 unspecified atom stereocenters. The predicted molar refractivity (Wildman–Crippen MR) is 126 cm³/mol. The fourth-order valence-corrected chi connectivity index (χ4v) is 4.10. The van der Waals surface area contributed by atoms with Crippen molar-refractivity contribution in [3.63, 3.8) is 0 Å². The smallest absolute Gasteiger partial charge is 0.335 e. The zero-order valence-electron chi connectivity index (χ0n) is 17.8. The molecule has 0 fully saturated rings. The largest absolute Gasteiger partial charge is 0.478 e. The van der Waals surface area contributed by atoms with Crippen LogP contribution in [0.15, 0.2) is 85.5 Å². The Kier molecular flexibility index (Phi) is 4.79. The summed E-state index contributed by atoms with van der Waals surface area (Å²) in [7, 11) is 0. The van der Waals surface area contributed by atoms with E-state index in [-0.39, 0.29) is 5.56 Å². The second-order valence-corrected chi connectivity index (χ2v) is 7.82. The van der Waals surface area contributed by atoms with Crippen molar-refractivity contribution in [2.75, 3.05) is 0 Å². The first kappa shape index (κ1) is 20.3. The molecule has 5 rings (SSSR count). The molecule has 7 heteroatoms. The maximum Gasteiger partial charge on any atom is 0.335 e. The summed E-state index contributed by atoms with van der Waals surface area (Å²) in [6, 6.07) is 20.6. The Bertz CT molecular complexity index is 1510. The summed E-state index contributed by atoms with van der Waals surface area (Å²) in [5.41, 5.74) is 11.3. The van der Waals surface area contributed by atoms with Crippen LogP contribution in [0.4, 0.5) is 0 Å². The number of carboxylic acids is 1. The number of hydrogen-bond acceptors (Lipinski definition) is 3.